The van der Waals surface area contributed by atoms with Gasteiger partial charge in [-0.05, 0) is 31.2 Å². The van der Waals surface area contributed by atoms with Gasteiger partial charge in [0, 0.05) is 56.0 Å². The van der Waals surface area contributed by atoms with Crippen LogP contribution in [-0.4, -0.2) is 82.6 Å². The number of likely N-dealkylation sites (tertiary alicyclic amines) is 2. The van der Waals surface area contributed by atoms with Crippen LogP contribution in [0.3, 0.4) is 0 Å². The normalized spacial score (nSPS) is 25.5. The molecular formula is C24H30N6O3S. The molecule has 7 rings (SSSR count). The molecule has 0 atom stereocenters. The molecule has 1 aromatic carbocycles. The van der Waals surface area contributed by atoms with Crippen LogP contribution in [-0.2, 0) is 15.8 Å². The number of urea groups is 1. The van der Waals surface area contributed by atoms with Crippen LogP contribution in [0.15, 0.2) is 36.7 Å². The maximum atomic E-state index is 12.9. The Labute approximate surface area is 199 Å². The molecule has 180 valence electrons. The van der Waals surface area contributed by atoms with E-state index in [0.29, 0.717) is 38.1 Å². The van der Waals surface area contributed by atoms with Gasteiger partial charge in [-0.2, -0.15) is 5.10 Å². The first-order valence-electron chi connectivity index (χ1n) is 12.3. The Kier molecular flexibility index (Phi) is 4.32. The van der Waals surface area contributed by atoms with E-state index < -0.39 is 10.0 Å². The van der Waals surface area contributed by atoms with Crippen molar-refractivity contribution in [1.29, 1.82) is 0 Å². The Balaban J connectivity index is 0.866. The molecule has 9 nitrogen and oxygen atoms in total. The summed E-state index contributed by atoms with van der Waals surface area (Å²) in [6.45, 7) is 4.04. The van der Waals surface area contributed by atoms with Gasteiger partial charge in [0.05, 0.1) is 11.8 Å². The van der Waals surface area contributed by atoms with Gasteiger partial charge in [-0.3, -0.25) is 0 Å². The van der Waals surface area contributed by atoms with Crippen molar-refractivity contribution >= 4 is 16.1 Å². The standard InChI is InChI=1S/C24H30N6O3S/c31-22(27-11-23(12-27)8-20(9-23)30-17-25-21(26-30)19-6-7-19)28-13-24(14-28)15-29(16-24)34(32,33)10-18-4-2-1-3-5-18/h1-5,17,19-20H,6-16H2. The minimum atomic E-state index is -3.30. The third-order valence-electron chi connectivity index (χ3n) is 8.44. The van der Waals surface area contributed by atoms with Crippen molar-refractivity contribution in [3.8, 4) is 0 Å². The van der Waals surface area contributed by atoms with E-state index in [4.69, 9.17) is 0 Å². The van der Waals surface area contributed by atoms with Crippen LogP contribution in [0.5, 0.6) is 0 Å². The molecule has 5 aliphatic rings. The molecule has 0 bridgehead atoms. The van der Waals surface area contributed by atoms with E-state index in [1.165, 1.54) is 12.8 Å². The topological polar surface area (TPSA) is 91.6 Å². The second kappa shape index (κ2) is 7.04. The number of benzene rings is 1. The quantitative estimate of drug-likeness (QED) is 0.651. The Bertz CT molecular complexity index is 1210. The largest absolute Gasteiger partial charge is 0.323 e. The average Bonchev–Trinajstić information content (AvgIpc) is 3.42. The maximum absolute atomic E-state index is 12.9. The molecule has 2 aliphatic carbocycles. The highest BCUT2D eigenvalue weighted by Crippen LogP contribution is 2.54. The molecule has 10 heteroatoms. The third-order valence-corrected chi connectivity index (χ3v) is 10.2. The second-order valence-corrected chi connectivity index (χ2v) is 13.4. The molecule has 0 radical (unpaired) electrons. The highest BCUT2D eigenvalue weighted by atomic mass is 32.2. The summed E-state index contributed by atoms with van der Waals surface area (Å²) in [5.41, 5.74) is 1.02. The predicted octanol–water partition coefficient (Wildman–Crippen LogP) is 2.06. The maximum Gasteiger partial charge on any atom is 0.320 e. The number of hydrogen-bond acceptors (Lipinski definition) is 5. The van der Waals surface area contributed by atoms with Gasteiger partial charge >= 0.3 is 6.03 Å². The predicted molar refractivity (Wildman–Crippen MR) is 124 cm³/mol. The number of nitrogens with zero attached hydrogens (tertiary/aromatic N) is 6. The molecule has 3 aliphatic heterocycles. The summed E-state index contributed by atoms with van der Waals surface area (Å²) in [4.78, 5) is 21.2. The minimum Gasteiger partial charge on any atom is -0.323 e. The molecule has 2 saturated carbocycles. The van der Waals surface area contributed by atoms with Gasteiger partial charge in [0.1, 0.15) is 6.33 Å². The molecular weight excluding hydrogens is 452 g/mol. The molecule has 2 aromatic rings. The SMILES string of the molecule is O=C(N1CC2(CC(n3cnc(C4CC4)n3)C2)C1)N1CC2(C1)CN(S(=O)(=O)Cc1ccccc1)C2. The van der Waals surface area contributed by atoms with Gasteiger partial charge in [-0.25, -0.2) is 27.2 Å². The van der Waals surface area contributed by atoms with Gasteiger partial charge < -0.3 is 9.80 Å². The summed E-state index contributed by atoms with van der Waals surface area (Å²) in [7, 11) is -3.30. The number of sulfonamides is 1. The van der Waals surface area contributed by atoms with Crippen LogP contribution in [0, 0.1) is 10.8 Å². The number of hydrogen-bond donors (Lipinski definition) is 0. The van der Waals surface area contributed by atoms with E-state index >= 15 is 0 Å². The van der Waals surface area contributed by atoms with Gasteiger partial charge in [0.15, 0.2) is 5.82 Å². The van der Waals surface area contributed by atoms with Crippen molar-refractivity contribution in [3.05, 3.63) is 48.0 Å². The van der Waals surface area contributed by atoms with Gasteiger partial charge in [0.2, 0.25) is 10.0 Å². The molecule has 0 unspecified atom stereocenters. The molecule has 2 spiro atoms. The lowest BCUT2D eigenvalue weighted by Gasteiger charge is -2.63. The smallest absolute Gasteiger partial charge is 0.320 e. The molecule has 5 fully saturated rings. The molecule has 4 heterocycles. The van der Waals surface area contributed by atoms with E-state index in [2.05, 4.69) is 10.1 Å². The van der Waals surface area contributed by atoms with Crippen molar-refractivity contribution in [1.82, 2.24) is 28.9 Å². The van der Waals surface area contributed by atoms with Crippen LogP contribution >= 0.6 is 0 Å². The molecule has 34 heavy (non-hydrogen) atoms. The lowest BCUT2D eigenvalue weighted by Crippen LogP contribution is -2.76. The summed E-state index contributed by atoms with van der Waals surface area (Å²) in [5.74, 6) is 1.62. The minimum absolute atomic E-state index is 0.0416. The Morgan fingerprint density at radius 1 is 0.941 bits per heavy atom. The highest BCUT2D eigenvalue weighted by Gasteiger charge is 2.59. The van der Waals surface area contributed by atoms with Crippen molar-refractivity contribution in [2.75, 3.05) is 39.3 Å². The number of aromatic nitrogens is 3. The van der Waals surface area contributed by atoms with E-state index in [0.717, 1.165) is 37.3 Å². The van der Waals surface area contributed by atoms with Gasteiger partial charge in [-0.15, -0.1) is 0 Å². The number of carbonyl (C=O) groups is 1. The van der Waals surface area contributed by atoms with Crippen molar-refractivity contribution in [2.45, 2.75) is 43.4 Å². The first-order chi connectivity index (χ1) is 16.3. The first kappa shape index (κ1) is 20.9. The number of carbonyl (C=O) groups excluding carboxylic acids is 1. The zero-order valence-corrected chi connectivity index (χ0v) is 20.0. The van der Waals surface area contributed by atoms with Crippen molar-refractivity contribution in [3.63, 3.8) is 0 Å². The highest BCUT2D eigenvalue weighted by molar-refractivity contribution is 7.88. The average molecular weight is 483 g/mol. The van der Waals surface area contributed by atoms with Crippen molar-refractivity contribution < 1.29 is 13.2 Å². The summed E-state index contributed by atoms with van der Waals surface area (Å²) in [5, 5.41) is 4.67. The van der Waals surface area contributed by atoms with Crippen molar-refractivity contribution in [2.24, 2.45) is 10.8 Å². The second-order valence-electron chi connectivity index (χ2n) is 11.4. The van der Waals surface area contributed by atoms with Gasteiger partial charge in [0.25, 0.3) is 0 Å². The van der Waals surface area contributed by atoms with Crippen LogP contribution in [0.4, 0.5) is 4.79 Å². The summed E-state index contributed by atoms with van der Waals surface area (Å²) >= 11 is 0. The Morgan fingerprint density at radius 2 is 1.59 bits per heavy atom. The lowest BCUT2D eigenvalue weighted by atomic mass is 9.60. The third kappa shape index (κ3) is 3.37. The van der Waals surface area contributed by atoms with Gasteiger partial charge in [-0.1, -0.05) is 30.3 Å². The van der Waals surface area contributed by atoms with E-state index in [9.17, 15) is 13.2 Å². The number of amides is 2. The fourth-order valence-corrected chi connectivity index (χ4v) is 8.09. The fourth-order valence-electron chi connectivity index (χ4n) is 6.35. The molecule has 2 amide bonds. The van der Waals surface area contributed by atoms with Crippen LogP contribution < -0.4 is 0 Å². The molecule has 1 aromatic heterocycles. The van der Waals surface area contributed by atoms with Crippen LogP contribution in [0.1, 0.15) is 49.0 Å². The van der Waals surface area contributed by atoms with Crippen LogP contribution in [0.2, 0.25) is 0 Å². The monoisotopic (exact) mass is 482 g/mol. The Morgan fingerprint density at radius 3 is 2.24 bits per heavy atom. The zero-order valence-electron chi connectivity index (χ0n) is 19.2. The lowest BCUT2D eigenvalue weighted by molar-refractivity contribution is -0.101. The van der Waals surface area contributed by atoms with E-state index in [-0.39, 0.29) is 22.6 Å². The molecule has 0 N–H and O–H groups in total. The van der Waals surface area contributed by atoms with Crippen LogP contribution in [0.25, 0.3) is 0 Å². The number of rotatable bonds is 5. The summed E-state index contributed by atoms with van der Waals surface area (Å²) in [6.07, 6.45) is 6.46. The summed E-state index contributed by atoms with van der Waals surface area (Å²) in [6, 6.07) is 9.84. The first-order valence-corrected chi connectivity index (χ1v) is 13.9. The van der Waals surface area contributed by atoms with E-state index in [1.807, 2.05) is 51.1 Å². The zero-order chi connectivity index (χ0) is 23.1. The Hall–Kier alpha value is -2.46. The summed E-state index contributed by atoms with van der Waals surface area (Å²) < 4.78 is 29.0. The fraction of sp³-hybridized carbons (Fsp3) is 0.625. The molecule has 3 saturated heterocycles. The van der Waals surface area contributed by atoms with E-state index in [1.54, 1.807) is 4.31 Å².